The zero-order chi connectivity index (χ0) is 33.0. The van der Waals surface area contributed by atoms with Gasteiger partial charge in [0.05, 0.1) is 0 Å². The number of rotatable bonds is 14. The van der Waals surface area contributed by atoms with Crippen LogP contribution in [-0.2, 0) is 28.6 Å². The summed E-state index contributed by atoms with van der Waals surface area (Å²) in [7, 11) is 0. The molecule has 0 bridgehead atoms. The molecule has 4 nitrogen and oxygen atoms in total. The molecular formula is C42H42O4Sn2. The fraction of sp³-hybridized carbons (Fsp3) is 0.190. The van der Waals surface area contributed by atoms with Gasteiger partial charge in [0.2, 0.25) is 0 Å². The van der Waals surface area contributed by atoms with Crippen molar-refractivity contribution in [3.8, 4) is 0 Å². The normalized spacial score (nSPS) is 12.9. The molecule has 0 radical (unpaired) electrons. The molecule has 0 aliphatic carbocycles. The van der Waals surface area contributed by atoms with Gasteiger partial charge in [0.15, 0.2) is 0 Å². The molecule has 0 aliphatic rings. The maximum absolute atomic E-state index is 13.0. The Bertz CT molecular complexity index is 1790. The third-order valence-electron chi connectivity index (χ3n) is 9.30. The summed E-state index contributed by atoms with van der Waals surface area (Å²) < 4.78 is 12.1. The van der Waals surface area contributed by atoms with Crippen LogP contribution in [0.15, 0.2) is 146 Å². The molecule has 0 saturated heterocycles. The van der Waals surface area contributed by atoms with Crippen molar-refractivity contribution in [1.29, 1.82) is 0 Å². The first-order valence-electron chi connectivity index (χ1n) is 17.0. The molecule has 0 N–H and O–H groups in total. The van der Waals surface area contributed by atoms with E-state index in [-0.39, 0.29) is 7.87 Å². The van der Waals surface area contributed by atoms with E-state index in [1.165, 1.54) is 43.8 Å². The van der Waals surface area contributed by atoms with Crippen molar-refractivity contribution < 1.29 is 15.7 Å². The van der Waals surface area contributed by atoms with E-state index in [1.807, 2.05) is 36.4 Å². The van der Waals surface area contributed by atoms with Crippen LogP contribution in [0.1, 0.15) is 55.8 Å². The molecule has 2 unspecified atom stereocenters. The molecule has 2 atom stereocenters. The van der Waals surface area contributed by atoms with Crippen LogP contribution >= 0.6 is 0 Å². The van der Waals surface area contributed by atoms with E-state index < -0.39 is 55.1 Å². The minimum absolute atomic E-state index is 0.203. The summed E-state index contributed by atoms with van der Waals surface area (Å²) in [6.45, 7) is 0. The standard InChI is InChI=1S/2C20H19.C2H2O4.2Sn.4H/c2*1-2-9-17(10-3-1)11-4-5-12-18-14-8-15-19-13-6-7-16-20(18)19;3-1(4)2(5)6;;;;;;/h2*1-3,6-11,13-16H,4-5,12H2;(H,3,4)(H,5,6);;;;;;/q;;;2*+1;;;;/p-2. The second kappa shape index (κ2) is 17.7. The number of fused-ring (bicyclic) bond motifs is 2. The molecule has 0 aromatic heterocycles. The molecule has 0 amide bonds. The SMILES string of the molecule is O=C([O][SnH2][CH](CCCc1cccc2ccccc12)c1ccccc1)C(=O)[O][SnH2][CH](CCCc1cccc2ccccc12)c1ccccc1. The first kappa shape index (κ1) is 34.2. The summed E-state index contributed by atoms with van der Waals surface area (Å²) in [4.78, 5) is 26.0. The van der Waals surface area contributed by atoms with Gasteiger partial charge >= 0.3 is 307 Å². The van der Waals surface area contributed by atoms with E-state index in [4.69, 9.17) is 6.15 Å². The third-order valence-corrected chi connectivity index (χ3v) is 19.1. The number of aryl methyl sites for hydroxylation is 2. The molecule has 0 saturated carbocycles. The van der Waals surface area contributed by atoms with Gasteiger partial charge < -0.3 is 0 Å². The summed E-state index contributed by atoms with van der Waals surface area (Å²) in [5.74, 6) is -1.58. The van der Waals surface area contributed by atoms with Crippen molar-refractivity contribution in [3.63, 3.8) is 0 Å². The monoisotopic (exact) mass is 850 g/mol. The predicted molar refractivity (Wildman–Crippen MR) is 201 cm³/mol. The van der Waals surface area contributed by atoms with Crippen molar-refractivity contribution in [3.05, 3.63) is 168 Å². The Hall–Kier alpha value is -3.62. The van der Waals surface area contributed by atoms with E-state index in [9.17, 15) is 9.59 Å². The Morgan fingerprint density at radius 1 is 0.458 bits per heavy atom. The molecule has 242 valence electrons. The molecule has 6 aromatic carbocycles. The fourth-order valence-electron chi connectivity index (χ4n) is 6.71. The molecule has 6 heteroatoms. The van der Waals surface area contributed by atoms with Gasteiger partial charge in [-0.15, -0.1) is 0 Å². The van der Waals surface area contributed by atoms with Gasteiger partial charge in [-0.3, -0.25) is 0 Å². The summed E-state index contributed by atoms with van der Waals surface area (Å²) in [6.07, 6.45) is 5.75. The van der Waals surface area contributed by atoms with Crippen LogP contribution < -0.4 is 0 Å². The zero-order valence-corrected chi connectivity index (χ0v) is 35.4. The van der Waals surface area contributed by atoms with Crippen molar-refractivity contribution in [2.24, 2.45) is 0 Å². The topological polar surface area (TPSA) is 52.6 Å². The van der Waals surface area contributed by atoms with E-state index in [0.29, 0.717) is 0 Å². The van der Waals surface area contributed by atoms with Gasteiger partial charge in [-0.05, 0) is 0 Å². The van der Waals surface area contributed by atoms with Crippen LogP contribution in [0, 0.1) is 0 Å². The maximum atomic E-state index is 13.0. The van der Waals surface area contributed by atoms with Crippen molar-refractivity contribution in [2.45, 2.75) is 46.4 Å². The van der Waals surface area contributed by atoms with Crippen molar-refractivity contribution in [2.75, 3.05) is 0 Å². The Morgan fingerprint density at radius 3 is 1.27 bits per heavy atom. The Labute approximate surface area is 304 Å². The molecule has 6 rings (SSSR count). The van der Waals surface area contributed by atoms with Crippen LogP contribution in [0.5, 0.6) is 0 Å². The van der Waals surface area contributed by atoms with Gasteiger partial charge in [-0.2, -0.15) is 0 Å². The number of hydrogen-bond donors (Lipinski definition) is 0. The average Bonchev–Trinajstić information content (AvgIpc) is 3.15. The van der Waals surface area contributed by atoms with E-state index in [0.717, 1.165) is 38.5 Å². The number of carbonyl (C=O) groups is 2. The minimum atomic E-state index is -2.16. The number of benzene rings is 6. The quantitative estimate of drug-likeness (QED) is 0.0823. The van der Waals surface area contributed by atoms with Crippen LogP contribution in [-0.4, -0.2) is 55.1 Å². The van der Waals surface area contributed by atoms with Gasteiger partial charge in [-0.25, -0.2) is 0 Å². The molecule has 0 aliphatic heterocycles. The van der Waals surface area contributed by atoms with E-state index >= 15 is 0 Å². The van der Waals surface area contributed by atoms with E-state index in [2.05, 4.69) is 109 Å². The summed E-state index contributed by atoms with van der Waals surface area (Å²) in [5, 5.41) is 5.10. The van der Waals surface area contributed by atoms with Crippen LogP contribution in [0.25, 0.3) is 21.5 Å². The summed E-state index contributed by atoms with van der Waals surface area (Å²) in [6, 6.07) is 50.6. The predicted octanol–water partition coefficient (Wildman–Crippen LogP) is 8.08. The fourth-order valence-corrected chi connectivity index (χ4v) is 14.6. The molecule has 0 heterocycles. The van der Waals surface area contributed by atoms with Gasteiger partial charge in [0.1, 0.15) is 0 Å². The van der Waals surface area contributed by atoms with Crippen LogP contribution in [0.4, 0.5) is 0 Å². The molecule has 48 heavy (non-hydrogen) atoms. The van der Waals surface area contributed by atoms with Crippen LogP contribution in [0.2, 0.25) is 0 Å². The van der Waals surface area contributed by atoms with Crippen molar-refractivity contribution >= 4 is 76.6 Å². The number of hydrogen-bond acceptors (Lipinski definition) is 4. The average molecular weight is 848 g/mol. The summed E-state index contributed by atoms with van der Waals surface area (Å²) >= 11 is -4.32. The molecule has 0 fully saturated rings. The summed E-state index contributed by atoms with van der Waals surface area (Å²) in [5.41, 5.74) is 5.07. The number of carbonyl (C=O) groups excluding carboxylic acids is 2. The van der Waals surface area contributed by atoms with Gasteiger partial charge in [0.25, 0.3) is 0 Å². The van der Waals surface area contributed by atoms with Crippen molar-refractivity contribution in [1.82, 2.24) is 0 Å². The molecule has 6 aromatic rings. The van der Waals surface area contributed by atoms with Gasteiger partial charge in [-0.1, -0.05) is 0 Å². The molecule has 0 spiro atoms. The first-order valence-corrected chi connectivity index (χ1v) is 25.0. The van der Waals surface area contributed by atoms with Gasteiger partial charge in [0, 0.05) is 0 Å². The zero-order valence-electron chi connectivity index (χ0n) is 27.3. The Morgan fingerprint density at radius 2 is 0.833 bits per heavy atom. The van der Waals surface area contributed by atoms with E-state index in [1.54, 1.807) is 0 Å². The Kier molecular flexibility index (Phi) is 12.6. The first-order chi connectivity index (χ1) is 23.7. The third kappa shape index (κ3) is 9.29. The Balaban J connectivity index is 1.03. The second-order valence-electron chi connectivity index (χ2n) is 12.5. The second-order valence-corrected chi connectivity index (χ2v) is 21.6. The molecular weight excluding hydrogens is 806 g/mol. The van der Waals surface area contributed by atoms with Crippen LogP contribution in [0.3, 0.4) is 0 Å².